The van der Waals surface area contributed by atoms with E-state index in [-0.39, 0.29) is 0 Å². The summed E-state index contributed by atoms with van der Waals surface area (Å²) in [7, 11) is 4.94. The first-order valence-corrected chi connectivity index (χ1v) is 20.9. The highest BCUT2D eigenvalue weighted by Crippen LogP contribution is 2.16. The molecule has 1 nitrogen and oxygen atoms in total. The molecule has 0 aliphatic heterocycles. The molecule has 0 fully saturated rings. The second-order valence-corrected chi connectivity index (χ2v) is 15.1. The quantitative estimate of drug-likeness (QED) is 0.0496. The Kier molecular flexibility index (Phi) is 41.9. The summed E-state index contributed by atoms with van der Waals surface area (Å²) in [4.78, 5) is 0. The minimum atomic E-state index is 1.25. The van der Waals surface area contributed by atoms with E-state index in [0.29, 0.717) is 0 Å². The Morgan fingerprint density at radius 3 is 0.535 bits per heavy atom. The summed E-state index contributed by atoms with van der Waals surface area (Å²) in [6.45, 7) is 11.6. The number of rotatable bonds is 35. The maximum Gasteiger partial charge on any atom is 0.0782 e. The summed E-state index contributed by atoms with van der Waals surface area (Å²) < 4.78 is 1.25. The Balaban J connectivity index is 0. The summed E-state index contributed by atoms with van der Waals surface area (Å²) in [6.07, 6.45) is 49.7. The third-order valence-electron chi connectivity index (χ3n) is 9.48. The molecule has 0 bridgehead atoms. The maximum absolute atomic E-state index is 2.47. The highest BCUT2D eigenvalue weighted by atomic mass is 15.3. The molecule has 0 aromatic carbocycles. The fraction of sp³-hybridized carbons (Fsp3) is 1.00. The zero-order valence-electron chi connectivity index (χ0n) is 31.9. The van der Waals surface area contributed by atoms with Gasteiger partial charge in [-0.15, -0.1) is 0 Å². The Morgan fingerprint density at radius 1 is 0.233 bits per heavy atom. The minimum absolute atomic E-state index is 1.25. The summed E-state index contributed by atoms with van der Waals surface area (Å²) in [6, 6.07) is 0. The highest BCUT2D eigenvalue weighted by Gasteiger charge is 2.13. The van der Waals surface area contributed by atoms with Gasteiger partial charge in [0.2, 0.25) is 0 Å². The van der Waals surface area contributed by atoms with E-state index in [2.05, 4.69) is 41.8 Å². The molecule has 0 spiro atoms. The van der Waals surface area contributed by atoms with E-state index in [1.54, 1.807) is 0 Å². The van der Waals surface area contributed by atoms with E-state index in [9.17, 15) is 0 Å². The lowest BCUT2D eigenvalue weighted by atomic mass is 10.0. The lowest BCUT2D eigenvalue weighted by molar-refractivity contribution is -0.890. The Morgan fingerprint density at radius 2 is 0.372 bits per heavy atom. The molecule has 0 aromatic heterocycles. The molecule has 0 rings (SSSR count). The Labute approximate surface area is 277 Å². The van der Waals surface area contributed by atoms with Crippen LogP contribution in [0.25, 0.3) is 0 Å². The van der Waals surface area contributed by atoms with Crippen LogP contribution in [-0.4, -0.2) is 31.7 Å². The third kappa shape index (κ3) is 44.1. The van der Waals surface area contributed by atoms with E-state index < -0.39 is 0 Å². The van der Waals surface area contributed by atoms with Crippen LogP contribution in [0.4, 0.5) is 0 Å². The molecule has 0 amide bonds. The van der Waals surface area contributed by atoms with Crippen molar-refractivity contribution in [2.24, 2.45) is 0 Å². The molecule has 0 heterocycles. The van der Waals surface area contributed by atoms with Gasteiger partial charge in [-0.05, 0) is 25.7 Å². The van der Waals surface area contributed by atoms with Crippen molar-refractivity contribution in [2.75, 3.05) is 27.2 Å². The lowest BCUT2D eigenvalue weighted by Gasteiger charge is -2.30. The predicted octanol–water partition coefficient (Wildman–Crippen LogP) is 15.4. The van der Waals surface area contributed by atoms with Gasteiger partial charge in [-0.25, -0.2) is 0 Å². The number of hydrogen-bond acceptors (Lipinski definition) is 0. The number of nitrogens with zero attached hydrogens (tertiary/aromatic N) is 1. The molecule has 0 aliphatic rings. The lowest BCUT2D eigenvalue weighted by Crippen LogP contribution is -2.41. The zero-order valence-corrected chi connectivity index (χ0v) is 31.9. The molecule has 43 heavy (non-hydrogen) atoms. The second kappa shape index (κ2) is 40.0. The van der Waals surface area contributed by atoms with Gasteiger partial charge < -0.3 is 4.48 Å². The van der Waals surface area contributed by atoms with Crippen LogP contribution in [0, 0.1) is 0 Å². The minimum Gasteiger partial charge on any atom is -0.328 e. The van der Waals surface area contributed by atoms with E-state index in [1.165, 1.54) is 236 Å². The van der Waals surface area contributed by atoms with Crippen LogP contribution in [0.2, 0.25) is 0 Å². The SMILES string of the molecule is CCC.CCCCCCCCCCCCCCCCCCC[N+](C)(C)CCCCCCCCCCCCCCCCCC. The van der Waals surface area contributed by atoms with Crippen molar-refractivity contribution in [1.82, 2.24) is 0 Å². The van der Waals surface area contributed by atoms with Gasteiger partial charge in [0.1, 0.15) is 0 Å². The molecule has 0 unspecified atom stereocenters. The Bertz CT molecular complexity index is 456. The van der Waals surface area contributed by atoms with Gasteiger partial charge in [-0.1, -0.05) is 220 Å². The van der Waals surface area contributed by atoms with Gasteiger partial charge in [0.25, 0.3) is 0 Å². The average Bonchev–Trinajstić information content (AvgIpc) is 2.99. The summed E-state index contributed by atoms with van der Waals surface area (Å²) in [5, 5.41) is 0. The first kappa shape index (κ1) is 45.1. The second-order valence-electron chi connectivity index (χ2n) is 15.1. The van der Waals surface area contributed by atoms with Crippen LogP contribution in [0.5, 0.6) is 0 Å². The molecule has 0 saturated carbocycles. The van der Waals surface area contributed by atoms with E-state index in [0.717, 1.165) is 0 Å². The molecule has 0 saturated heterocycles. The van der Waals surface area contributed by atoms with Crippen molar-refractivity contribution in [3.8, 4) is 0 Å². The molecule has 0 radical (unpaired) electrons. The first-order chi connectivity index (χ1) is 21.0. The van der Waals surface area contributed by atoms with Crippen molar-refractivity contribution in [3.05, 3.63) is 0 Å². The molecule has 0 aromatic rings. The molecule has 0 N–H and O–H groups in total. The highest BCUT2D eigenvalue weighted by molar-refractivity contribution is 4.52. The fourth-order valence-electron chi connectivity index (χ4n) is 6.46. The molecular weight excluding hydrogens is 518 g/mol. The molecule has 0 aliphatic carbocycles. The van der Waals surface area contributed by atoms with Gasteiger partial charge in [-0.2, -0.15) is 0 Å². The van der Waals surface area contributed by atoms with Crippen molar-refractivity contribution in [1.29, 1.82) is 0 Å². The van der Waals surface area contributed by atoms with Gasteiger partial charge in [0.15, 0.2) is 0 Å². The van der Waals surface area contributed by atoms with Crippen LogP contribution in [0.15, 0.2) is 0 Å². The molecular formula is C42H90N+. The molecule has 0 atom stereocenters. The smallest absolute Gasteiger partial charge is 0.0782 e. The van der Waals surface area contributed by atoms with Gasteiger partial charge in [0.05, 0.1) is 27.2 Å². The topological polar surface area (TPSA) is 0 Å². The summed E-state index contributed by atoms with van der Waals surface area (Å²) in [5.74, 6) is 0. The standard InChI is InChI=1S/C39H82N.C3H8/c1-5-7-9-11-13-15-17-19-21-23-25-27-29-31-33-35-37-39-40(3,4)38-36-34-32-30-28-26-24-22-20-18-16-14-12-10-8-6-2;1-3-2/h5-39H2,1-4H3;3H2,1-2H3/q+1;. The summed E-state index contributed by atoms with van der Waals surface area (Å²) >= 11 is 0. The van der Waals surface area contributed by atoms with Crippen LogP contribution >= 0.6 is 0 Å². The van der Waals surface area contributed by atoms with Gasteiger partial charge in [0, 0.05) is 0 Å². The zero-order chi connectivity index (χ0) is 32.0. The van der Waals surface area contributed by atoms with Crippen LogP contribution in [0.3, 0.4) is 0 Å². The van der Waals surface area contributed by atoms with Gasteiger partial charge >= 0.3 is 0 Å². The number of quaternary nitrogens is 1. The molecule has 1 heteroatoms. The van der Waals surface area contributed by atoms with Crippen LogP contribution in [0.1, 0.15) is 246 Å². The number of unbranched alkanes of at least 4 members (excludes halogenated alkanes) is 31. The first-order valence-electron chi connectivity index (χ1n) is 20.9. The third-order valence-corrected chi connectivity index (χ3v) is 9.48. The van der Waals surface area contributed by atoms with Crippen molar-refractivity contribution >= 4 is 0 Å². The van der Waals surface area contributed by atoms with Crippen LogP contribution < -0.4 is 0 Å². The largest absolute Gasteiger partial charge is 0.328 e. The van der Waals surface area contributed by atoms with Crippen molar-refractivity contribution in [2.45, 2.75) is 246 Å². The van der Waals surface area contributed by atoms with Crippen molar-refractivity contribution < 1.29 is 4.48 Å². The predicted molar refractivity (Wildman–Crippen MR) is 202 cm³/mol. The normalized spacial score (nSPS) is 11.6. The monoisotopic (exact) mass is 609 g/mol. The van der Waals surface area contributed by atoms with Crippen molar-refractivity contribution in [3.63, 3.8) is 0 Å². The van der Waals surface area contributed by atoms with E-state index in [4.69, 9.17) is 0 Å². The number of hydrogen-bond donors (Lipinski definition) is 0. The van der Waals surface area contributed by atoms with Crippen LogP contribution in [-0.2, 0) is 0 Å². The van der Waals surface area contributed by atoms with E-state index >= 15 is 0 Å². The average molecular weight is 609 g/mol. The fourth-order valence-corrected chi connectivity index (χ4v) is 6.46. The maximum atomic E-state index is 2.47. The summed E-state index contributed by atoms with van der Waals surface area (Å²) in [5.41, 5.74) is 0. The van der Waals surface area contributed by atoms with Gasteiger partial charge in [-0.3, -0.25) is 0 Å². The Hall–Kier alpha value is -0.0400. The van der Waals surface area contributed by atoms with E-state index in [1.807, 2.05) is 0 Å². The molecule has 262 valence electrons.